The van der Waals surface area contributed by atoms with Crippen LogP contribution in [0.3, 0.4) is 0 Å². The van der Waals surface area contributed by atoms with E-state index in [4.69, 9.17) is 0 Å². The van der Waals surface area contributed by atoms with E-state index >= 15 is 0 Å². The molecule has 8 nitrogen and oxygen atoms in total. The summed E-state index contributed by atoms with van der Waals surface area (Å²) in [5.74, 6) is 0.688. The Bertz CT molecular complexity index is 1060. The van der Waals surface area contributed by atoms with Crippen molar-refractivity contribution >= 4 is 17.4 Å². The highest BCUT2D eigenvalue weighted by Gasteiger charge is 2.16. The number of urea groups is 1. The number of amides is 2. The summed E-state index contributed by atoms with van der Waals surface area (Å²) in [6.07, 6.45) is 5.11. The smallest absolute Gasteiger partial charge is 0.338 e. The Kier molecular flexibility index (Phi) is 6.13. The maximum Gasteiger partial charge on any atom is 0.350 e. The standard InChI is InChI=1S/C22H28N6O2/c1-26-13-9-17(10-14-26)8-11-23-21(29)24-19-6-4-5-18(15-19)16-28-22(30)27-12-3-2-7-20(27)25-28/h2-7,12,15,17H,8-11,13-14,16H2,1H3,(H2,23,24,29). The van der Waals surface area contributed by atoms with Crippen molar-refractivity contribution in [2.75, 3.05) is 32.0 Å². The van der Waals surface area contributed by atoms with Crippen LogP contribution >= 0.6 is 0 Å². The van der Waals surface area contributed by atoms with Crippen LogP contribution < -0.4 is 16.3 Å². The van der Waals surface area contributed by atoms with Gasteiger partial charge in [-0.1, -0.05) is 18.2 Å². The molecule has 3 heterocycles. The molecule has 0 aliphatic carbocycles. The van der Waals surface area contributed by atoms with Gasteiger partial charge in [0.25, 0.3) is 0 Å². The maximum absolute atomic E-state index is 12.4. The highest BCUT2D eigenvalue weighted by molar-refractivity contribution is 5.89. The monoisotopic (exact) mass is 408 g/mol. The first kappa shape index (κ1) is 20.2. The summed E-state index contributed by atoms with van der Waals surface area (Å²) in [6, 6.07) is 12.7. The molecule has 1 fully saturated rings. The molecule has 1 saturated heterocycles. The van der Waals surface area contributed by atoms with E-state index in [0.29, 0.717) is 30.3 Å². The van der Waals surface area contributed by atoms with Crippen molar-refractivity contribution in [2.45, 2.75) is 25.8 Å². The lowest BCUT2D eigenvalue weighted by atomic mass is 9.94. The number of carbonyl (C=O) groups is 1. The highest BCUT2D eigenvalue weighted by atomic mass is 16.2. The van der Waals surface area contributed by atoms with Gasteiger partial charge in [-0.2, -0.15) is 0 Å². The predicted molar refractivity (Wildman–Crippen MR) is 117 cm³/mol. The number of piperidine rings is 1. The first-order chi connectivity index (χ1) is 14.6. The molecule has 2 aromatic heterocycles. The number of nitrogens with zero attached hydrogens (tertiary/aromatic N) is 4. The molecule has 1 aromatic carbocycles. The minimum Gasteiger partial charge on any atom is -0.338 e. The number of aromatic nitrogens is 3. The van der Waals surface area contributed by atoms with Crippen molar-refractivity contribution < 1.29 is 4.79 Å². The summed E-state index contributed by atoms with van der Waals surface area (Å²) in [5.41, 5.74) is 2.02. The molecule has 1 aliphatic heterocycles. The molecule has 0 atom stereocenters. The van der Waals surface area contributed by atoms with Gasteiger partial charge in [0.2, 0.25) is 0 Å². The fraction of sp³-hybridized carbons (Fsp3) is 0.409. The van der Waals surface area contributed by atoms with Crippen LogP contribution in [0.1, 0.15) is 24.8 Å². The van der Waals surface area contributed by atoms with Crippen molar-refractivity contribution in [3.05, 3.63) is 64.7 Å². The predicted octanol–water partition coefficient (Wildman–Crippen LogP) is 2.40. The van der Waals surface area contributed by atoms with Gasteiger partial charge in [-0.15, -0.1) is 5.10 Å². The zero-order chi connectivity index (χ0) is 20.9. The number of rotatable bonds is 6. The topological polar surface area (TPSA) is 83.7 Å². The van der Waals surface area contributed by atoms with Gasteiger partial charge in [-0.25, -0.2) is 14.3 Å². The molecule has 1 aliphatic rings. The Labute approximate surface area is 175 Å². The summed E-state index contributed by atoms with van der Waals surface area (Å²) in [7, 11) is 2.15. The third kappa shape index (κ3) is 4.88. The van der Waals surface area contributed by atoms with E-state index in [1.165, 1.54) is 21.9 Å². The number of anilines is 1. The van der Waals surface area contributed by atoms with E-state index in [1.807, 2.05) is 30.3 Å². The second-order valence-corrected chi connectivity index (χ2v) is 7.99. The van der Waals surface area contributed by atoms with E-state index < -0.39 is 0 Å². The zero-order valence-electron chi connectivity index (χ0n) is 17.3. The summed E-state index contributed by atoms with van der Waals surface area (Å²) >= 11 is 0. The number of benzene rings is 1. The molecular formula is C22H28N6O2. The molecular weight excluding hydrogens is 380 g/mol. The molecule has 3 aromatic rings. The van der Waals surface area contributed by atoms with Gasteiger partial charge >= 0.3 is 11.7 Å². The second kappa shape index (κ2) is 9.13. The van der Waals surface area contributed by atoms with Crippen molar-refractivity contribution in [2.24, 2.45) is 5.92 Å². The number of hydrogen-bond acceptors (Lipinski definition) is 4. The van der Waals surface area contributed by atoms with Crippen LogP contribution in [-0.2, 0) is 6.54 Å². The molecule has 30 heavy (non-hydrogen) atoms. The van der Waals surface area contributed by atoms with Gasteiger partial charge < -0.3 is 15.5 Å². The average molecular weight is 409 g/mol. The first-order valence-corrected chi connectivity index (χ1v) is 10.4. The molecule has 0 spiro atoms. The quantitative estimate of drug-likeness (QED) is 0.656. The van der Waals surface area contributed by atoms with Crippen molar-refractivity contribution in [3.8, 4) is 0 Å². The number of likely N-dealkylation sites (tertiary alicyclic amines) is 1. The number of hydrogen-bond donors (Lipinski definition) is 2. The third-order valence-electron chi connectivity index (χ3n) is 5.68. The summed E-state index contributed by atoms with van der Waals surface area (Å²) < 4.78 is 2.94. The summed E-state index contributed by atoms with van der Waals surface area (Å²) in [5, 5.41) is 10.2. The molecule has 0 bridgehead atoms. The summed E-state index contributed by atoms with van der Waals surface area (Å²) in [4.78, 5) is 27.0. The van der Waals surface area contributed by atoms with Gasteiger partial charge in [-0.05, 0) is 75.1 Å². The number of carbonyl (C=O) groups excluding carboxylic acids is 1. The minimum absolute atomic E-state index is 0.185. The normalized spacial score (nSPS) is 15.4. The van der Waals surface area contributed by atoms with Crippen LogP contribution in [0.2, 0.25) is 0 Å². The summed E-state index contributed by atoms with van der Waals surface area (Å²) in [6.45, 7) is 3.29. The Balaban J connectivity index is 1.31. The fourth-order valence-electron chi connectivity index (χ4n) is 3.91. The van der Waals surface area contributed by atoms with Gasteiger partial charge in [0.1, 0.15) is 0 Å². The van der Waals surface area contributed by atoms with E-state index in [1.54, 1.807) is 18.3 Å². The lowest BCUT2D eigenvalue weighted by molar-refractivity contribution is 0.211. The zero-order valence-corrected chi connectivity index (χ0v) is 17.3. The lowest BCUT2D eigenvalue weighted by Crippen LogP contribution is -2.34. The molecule has 0 saturated carbocycles. The SMILES string of the molecule is CN1CCC(CCNC(=O)Nc2cccc(Cn3nc4ccccn4c3=O)c2)CC1. The van der Waals surface area contributed by atoms with Crippen LogP contribution in [0.15, 0.2) is 53.5 Å². The number of nitrogens with one attached hydrogen (secondary N) is 2. The van der Waals surface area contributed by atoms with Crippen molar-refractivity contribution in [1.29, 1.82) is 0 Å². The van der Waals surface area contributed by atoms with E-state index in [0.717, 1.165) is 25.1 Å². The molecule has 8 heteroatoms. The van der Waals surface area contributed by atoms with Gasteiger partial charge in [0, 0.05) is 18.4 Å². The van der Waals surface area contributed by atoms with Crippen LogP contribution in [-0.4, -0.2) is 51.8 Å². The van der Waals surface area contributed by atoms with Crippen molar-refractivity contribution in [1.82, 2.24) is 24.4 Å². The van der Waals surface area contributed by atoms with E-state index in [9.17, 15) is 9.59 Å². The molecule has 158 valence electrons. The maximum atomic E-state index is 12.4. The van der Waals surface area contributed by atoms with Crippen LogP contribution in [0.4, 0.5) is 10.5 Å². The lowest BCUT2D eigenvalue weighted by Gasteiger charge is -2.28. The molecule has 0 radical (unpaired) electrons. The first-order valence-electron chi connectivity index (χ1n) is 10.4. The van der Waals surface area contributed by atoms with Crippen LogP contribution in [0, 0.1) is 5.92 Å². The average Bonchev–Trinajstić information content (AvgIpc) is 3.05. The Morgan fingerprint density at radius 2 is 2.00 bits per heavy atom. The van der Waals surface area contributed by atoms with Gasteiger partial charge in [0.15, 0.2) is 5.65 Å². The molecule has 0 unspecified atom stereocenters. The van der Waals surface area contributed by atoms with Crippen molar-refractivity contribution in [3.63, 3.8) is 0 Å². The fourth-order valence-corrected chi connectivity index (χ4v) is 3.91. The largest absolute Gasteiger partial charge is 0.350 e. The number of pyridine rings is 1. The molecule has 4 rings (SSSR count). The Morgan fingerprint density at radius 1 is 1.17 bits per heavy atom. The Morgan fingerprint density at radius 3 is 2.80 bits per heavy atom. The second-order valence-electron chi connectivity index (χ2n) is 7.99. The van der Waals surface area contributed by atoms with Crippen LogP contribution in [0.25, 0.3) is 5.65 Å². The van der Waals surface area contributed by atoms with Gasteiger partial charge in [0.05, 0.1) is 6.54 Å². The molecule has 2 N–H and O–H groups in total. The van der Waals surface area contributed by atoms with E-state index in [-0.39, 0.29) is 11.7 Å². The molecule has 2 amide bonds. The third-order valence-corrected chi connectivity index (χ3v) is 5.68. The number of fused-ring (bicyclic) bond motifs is 1. The highest BCUT2D eigenvalue weighted by Crippen LogP contribution is 2.18. The van der Waals surface area contributed by atoms with Gasteiger partial charge in [-0.3, -0.25) is 4.40 Å². The van der Waals surface area contributed by atoms with E-state index in [2.05, 4.69) is 27.7 Å². The van der Waals surface area contributed by atoms with Crippen LogP contribution in [0.5, 0.6) is 0 Å². The minimum atomic E-state index is -0.204. The Hall–Kier alpha value is -3.13.